The quantitative estimate of drug-likeness (QED) is 0.522. The molecule has 0 saturated heterocycles. The Kier molecular flexibility index (Phi) is 4.79. The molecule has 68 valence electrons. The zero-order chi connectivity index (χ0) is 8.91. The summed E-state index contributed by atoms with van der Waals surface area (Å²) in [5.41, 5.74) is 0.517. The van der Waals surface area contributed by atoms with E-state index in [2.05, 4.69) is 34.6 Å². The molecular weight excluding hydrogens is 132 g/mol. The molecule has 0 radical (unpaired) electrons. The van der Waals surface area contributed by atoms with E-state index < -0.39 is 0 Å². The standard InChI is InChI=1S/C11H23/c1-6-9-11(5,8-3)10(4)7-2/h6-9H2,1-5H3/q-1. The minimum absolute atomic E-state index is 0.517. The topological polar surface area (TPSA) is 0 Å². The van der Waals surface area contributed by atoms with E-state index in [0.717, 1.165) is 0 Å². The molecule has 0 heteroatoms. The number of rotatable bonds is 5. The lowest BCUT2D eigenvalue weighted by molar-refractivity contribution is 0.291. The molecule has 0 nitrogen and oxygen atoms in total. The van der Waals surface area contributed by atoms with Crippen molar-refractivity contribution in [1.82, 2.24) is 0 Å². The second kappa shape index (κ2) is 4.79. The molecule has 0 aliphatic rings. The van der Waals surface area contributed by atoms with Gasteiger partial charge >= 0.3 is 0 Å². The molecule has 11 heavy (non-hydrogen) atoms. The van der Waals surface area contributed by atoms with Gasteiger partial charge in [0.2, 0.25) is 0 Å². The lowest BCUT2D eigenvalue weighted by Crippen LogP contribution is -2.22. The fourth-order valence-corrected chi connectivity index (χ4v) is 1.67. The molecule has 0 heterocycles. The Balaban J connectivity index is 4.07. The Morgan fingerprint density at radius 3 is 2.00 bits per heavy atom. The van der Waals surface area contributed by atoms with Crippen LogP contribution in [0.15, 0.2) is 0 Å². The molecule has 0 N–H and O–H groups in total. The van der Waals surface area contributed by atoms with Crippen molar-refractivity contribution in [3.63, 3.8) is 0 Å². The normalized spacial score (nSPS) is 16.9. The second-order valence-corrected chi connectivity index (χ2v) is 3.80. The largest absolute Gasteiger partial charge is 0.311 e. The maximum Gasteiger partial charge on any atom is -0.0581 e. The fraction of sp³-hybridized carbons (Fsp3) is 0.909. The minimum atomic E-state index is 0.517. The van der Waals surface area contributed by atoms with Crippen LogP contribution < -0.4 is 0 Å². The van der Waals surface area contributed by atoms with Gasteiger partial charge in [0.1, 0.15) is 0 Å². The number of hydrogen-bond acceptors (Lipinski definition) is 0. The zero-order valence-corrected chi connectivity index (χ0v) is 8.83. The third kappa shape index (κ3) is 2.84. The molecule has 0 fully saturated rings. The summed E-state index contributed by atoms with van der Waals surface area (Å²) in [6, 6.07) is 0. The van der Waals surface area contributed by atoms with Crippen molar-refractivity contribution in [1.29, 1.82) is 0 Å². The van der Waals surface area contributed by atoms with Crippen molar-refractivity contribution in [2.75, 3.05) is 0 Å². The smallest absolute Gasteiger partial charge is 0.0581 e. The molecule has 0 amide bonds. The molecule has 0 saturated carbocycles. The van der Waals surface area contributed by atoms with Gasteiger partial charge in [0.05, 0.1) is 0 Å². The van der Waals surface area contributed by atoms with Crippen LogP contribution in [0.4, 0.5) is 0 Å². The molecule has 0 aromatic carbocycles. The van der Waals surface area contributed by atoms with E-state index in [-0.39, 0.29) is 0 Å². The zero-order valence-electron chi connectivity index (χ0n) is 8.83. The van der Waals surface area contributed by atoms with E-state index in [4.69, 9.17) is 0 Å². The summed E-state index contributed by atoms with van der Waals surface area (Å²) in [7, 11) is 0. The first-order valence-corrected chi connectivity index (χ1v) is 4.93. The van der Waals surface area contributed by atoms with Gasteiger partial charge in [-0.3, -0.25) is 0 Å². The van der Waals surface area contributed by atoms with Crippen molar-refractivity contribution in [3.05, 3.63) is 5.92 Å². The van der Waals surface area contributed by atoms with Gasteiger partial charge in [-0.15, -0.1) is 0 Å². The fourth-order valence-electron chi connectivity index (χ4n) is 1.67. The highest BCUT2D eigenvalue weighted by molar-refractivity contribution is 4.99. The van der Waals surface area contributed by atoms with Gasteiger partial charge in [0, 0.05) is 0 Å². The van der Waals surface area contributed by atoms with Crippen molar-refractivity contribution >= 4 is 0 Å². The van der Waals surface area contributed by atoms with Crippen molar-refractivity contribution < 1.29 is 0 Å². The average Bonchev–Trinajstić information content (AvgIpc) is 2.03. The van der Waals surface area contributed by atoms with E-state index >= 15 is 0 Å². The highest BCUT2D eigenvalue weighted by Gasteiger charge is 2.15. The third-order valence-electron chi connectivity index (χ3n) is 3.14. The highest BCUT2D eigenvalue weighted by atomic mass is 14.3. The van der Waals surface area contributed by atoms with E-state index in [1.807, 2.05) is 0 Å². The minimum Gasteiger partial charge on any atom is -0.311 e. The van der Waals surface area contributed by atoms with Gasteiger partial charge in [0.15, 0.2) is 0 Å². The van der Waals surface area contributed by atoms with Crippen LogP contribution in [0.25, 0.3) is 0 Å². The van der Waals surface area contributed by atoms with E-state index in [9.17, 15) is 0 Å². The molecule has 0 spiro atoms. The Morgan fingerprint density at radius 1 is 1.18 bits per heavy atom. The predicted molar refractivity (Wildman–Crippen MR) is 52.5 cm³/mol. The van der Waals surface area contributed by atoms with Crippen molar-refractivity contribution in [2.24, 2.45) is 5.41 Å². The molecule has 1 unspecified atom stereocenters. The molecule has 0 rings (SSSR count). The maximum atomic E-state index is 2.40. The third-order valence-corrected chi connectivity index (χ3v) is 3.14. The van der Waals surface area contributed by atoms with Crippen LogP contribution in [0.5, 0.6) is 0 Å². The summed E-state index contributed by atoms with van der Waals surface area (Å²) in [6.07, 6.45) is 5.19. The number of hydrogen-bond donors (Lipinski definition) is 0. The van der Waals surface area contributed by atoms with Gasteiger partial charge in [-0.25, -0.2) is 0 Å². The molecule has 0 aromatic heterocycles. The van der Waals surface area contributed by atoms with Gasteiger partial charge in [-0.2, -0.15) is 18.8 Å². The molecule has 1 atom stereocenters. The first-order chi connectivity index (χ1) is 5.10. The van der Waals surface area contributed by atoms with Crippen molar-refractivity contribution in [2.45, 2.75) is 60.3 Å². The Labute approximate surface area is 72.4 Å². The molecule has 0 aromatic rings. The van der Waals surface area contributed by atoms with Crippen LogP contribution in [0.2, 0.25) is 0 Å². The van der Waals surface area contributed by atoms with Crippen LogP contribution in [0.3, 0.4) is 0 Å². The van der Waals surface area contributed by atoms with Crippen LogP contribution in [0.1, 0.15) is 60.3 Å². The van der Waals surface area contributed by atoms with Gasteiger partial charge < -0.3 is 5.92 Å². The van der Waals surface area contributed by atoms with Crippen molar-refractivity contribution in [3.8, 4) is 0 Å². The van der Waals surface area contributed by atoms with Crippen LogP contribution in [-0.2, 0) is 0 Å². The summed E-state index contributed by atoms with van der Waals surface area (Å²) < 4.78 is 0. The van der Waals surface area contributed by atoms with E-state index in [1.54, 1.807) is 5.92 Å². The van der Waals surface area contributed by atoms with Crippen LogP contribution in [-0.4, -0.2) is 0 Å². The van der Waals surface area contributed by atoms with Gasteiger partial charge in [-0.05, 0) is 0 Å². The van der Waals surface area contributed by atoms with Crippen LogP contribution in [0, 0.1) is 11.3 Å². The van der Waals surface area contributed by atoms with Gasteiger partial charge in [-0.1, -0.05) is 47.0 Å². The molecule has 0 bridgehead atoms. The monoisotopic (exact) mass is 155 g/mol. The van der Waals surface area contributed by atoms with E-state index in [1.165, 1.54) is 25.7 Å². The summed E-state index contributed by atoms with van der Waals surface area (Å²) >= 11 is 0. The summed E-state index contributed by atoms with van der Waals surface area (Å²) in [6.45, 7) is 11.5. The summed E-state index contributed by atoms with van der Waals surface area (Å²) in [5.74, 6) is 1.67. The average molecular weight is 155 g/mol. The Hall–Kier alpha value is 0. The first kappa shape index (κ1) is 11.0. The Morgan fingerprint density at radius 2 is 1.73 bits per heavy atom. The summed E-state index contributed by atoms with van der Waals surface area (Å²) in [4.78, 5) is 0. The van der Waals surface area contributed by atoms with Gasteiger partial charge in [0.25, 0.3) is 0 Å². The lowest BCUT2D eigenvalue weighted by Gasteiger charge is -2.46. The molecular formula is C11H23-. The molecule has 0 aliphatic heterocycles. The predicted octanol–water partition coefficient (Wildman–Crippen LogP) is 4.21. The lowest BCUT2D eigenvalue weighted by atomic mass is 9.72. The van der Waals surface area contributed by atoms with E-state index in [0.29, 0.717) is 5.41 Å². The maximum absolute atomic E-state index is 2.40. The Bertz CT molecular complexity index is 96.2. The summed E-state index contributed by atoms with van der Waals surface area (Å²) in [5, 5.41) is 0. The highest BCUT2D eigenvalue weighted by Crippen LogP contribution is 2.38. The van der Waals surface area contributed by atoms with Crippen LogP contribution >= 0.6 is 0 Å². The first-order valence-electron chi connectivity index (χ1n) is 4.93. The molecule has 0 aliphatic carbocycles. The second-order valence-electron chi connectivity index (χ2n) is 3.80. The SMILES string of the molecule is CCCC(C)(CC)[C-](C)CC.